The van der Waals surface area contributed by atoms with Gasteiger partial charge in [-0.3, -0.25) is 5.01 Å². The molecule has 0 spiro atoms. The van der Waals surface area contributed by atoms with Crippen LogP contribution in [0.4, 0.5) is 0 Å². The van der Waals surface area contributed by atoms with Crippen molar-refractivity contribution in [2.45, 2.75) is 0 Å². The summed E-state index contributed by atoms with van der Waals surface area (Å²) >= 11 is 0. The Bertz CT molecular complexity index is 418. The zero-order valence-electron chi connectivity index (χ0n) is 6.64. The van der Waals surface area contributed by atoms with Gasteiger partial charge in [0.2, 0.25) is 0 Å². The number of hydrazine groups is 1. The molecular weight excluding hydrogens is 148 g/mol. The van der Waals surface area contributed by atoms with Crippen LogP contribution in [0.15, 0.2) is 36.5 Å². The maximum atomic E-state index is 5.62. The summed E-state index contributed by atoms with van der Waals surface area (Å²) in [6.07, 6.45) is 7.69. The molecule has 0 amide bonds. The van der Waals surface area contributed by atoms with Crippen molar-refractivity contribution >= 4 is 12.3 Å². The molecule has 2 nitrogen and oxygen atoms in total. The molecule has 0 atom stereocenters. The summed E-state index contributed by atoms with van der Waals surface area (Å²) < 4.78 is 0. The highest BCUT2D eigenvalue weighted by molar-refractivity contribution is 5.42. The fraction of sp³-hybridized carbons (Fsp3) is 0. The molecule has 2 N–H and O–H groups in total. The second-order valence-corrected chi connectivity index (χ2v) is 2.71. The maximum absolute atomic E-state index is 5.62. The maximum Gasteiger partial charge on any atom is 0.0285 e. The quantitative estimate of drug-likeness (QED) is 0.535. The van der Waals surface area contributed by atoms with Crippen molar-refractivity contribution in [1.29, 1.82) is 0 Å². The third kappa shape index (κ3) is 1.24. The van der Waals surface area contributed by atoms with E-state index >= 15 is 0 Å². The van der Waals surface area contributed by atoms with Crippen LogP contribution in [0.3, 0.4) is 0 Å². The van der Waals surface area contributed by atoms with Gasteiger partial charge in [0.25, 0.3) is 0 Å². The van der Waals surface area contributed by atoms with Crippen molar-refractivity contribution in [3.63, 3.8) is 0 Å². The molecule has 0 radical (unpaired) electrons. The van der Waals surface area contributed by atoms with Gasteiger partial charge in [-0.25, -0.2) is 5.84 Å². The highest BCUT2D eigenvalue weighted by atomic mass is 15.4. The minimum absolute atomic E-state index is 1.14. The van der Waals surface area contributed by atoms with Crippen molar-refractivity contribution in [2.24, 2.45) is 5.84 Å². The van der Waals surface area contributed by atoms with E-state index in [1.165, 1.54) is 5.22 Å². The summed E-state index contributed by atoms with van der Waals surface area (Å²) in [5.74, 6) is 5.62. The molecular formula is C10H10N2. The second-order valence-electron chi connectivity index (χ2n) is 2.71. The molecule has 0 fully saturated rings. The molecule has 1 aliphatic rings. The monoisotopic (exact) mass is 158 g/mol. The van der Waals surface area contributed by atoms with Gasteiger partial charge in [-0.05, 0) is 16.5 Å². The average molecular weight is 158 g/mol. The van der Waals surface area contributed by atoms with Crippen LogP contribution in [-0.4, -0.2) is 5.01 Å². The Morgan fingerprint density at radius 1 is 1.08 bits per heavy atom. The number of allylic oxidation sites excluding steroid dienone is 1. The Labute approximate surface area is 70.9 Å². The number of hydrogen-bond donors (Lipinski definition) is 1. The summed E-state index contributed by atoms with van der Waals surface area (Å²) in [6, 6.07) is 8.12. The van der Waals surface area contributed by atoms with Crippen molar-refractivity contribution in [1.82, 2.24) is 5.01 Å². The molecule has 1 aromatic rings. The van der Waals surface area contributed by atoms with Crippen LogP contribution < -0.4 is 16.3 Å². The topological polar surface area (TPSA) is 29.3 Å². The van der Waals surface area contributed by atoms with Gasteiger partial charge in [-0.2, -0.15) is 0 Å². The molecule has 1 aliphatic heterocycles. The summed E-state index contributed by atoms with van der Waals surface area (Å²) in [5, 5.41) is 3.90. The molecule has 0 aliphatic carbocycles. The molecule has 0 aromatic heterocycles. The molecule has 2 heteroatoms. The first kappa shape index (κ1) is 7.13. The van der Waals surface area contributed by atoms with Gasteiger partial charge in [0.1, 0.15) is 0 Å². The van der Waals surface area contributed by atoms with E-state index in [4.69, 9.17) is 5.84 Å². The Morgan fingerprint density at radius 3 is 2.67 bits per heavy atom. The smallest absolute Gasteiger partial charge is 0.0285 e. The first-order chi connectivity index (χ1) is 5.86. The van der Waals surface area contributed by atoms with E-state index in [2.05, 4.69) is 6.07 Å². The van der Waals surface area contributed by atoms with Crippen LogP contribution in [-0.2, 0) is 0 Å². The molecule has 0 saturated carbocycles. The highest BCUT2D eigenvalue weighted by Crippen LogP contribution is 1.85. The SMILES string of the molecule is NN1C=CC=c2ccccc2=C1. The largest absolute Gasteiger partial charge is 0.294 e. The van der Waals surface area contributed by atoms with E-state index in [0.717, 1.165) is 5.22 Å². The van der Waals surface area contributed by atoms with E-state index < -0.39 is 0 Å². The minimum atomic E-state index is 1.14. The van der Waals surface area contributed by atoms with E-state index in [1.54, 1.807) is 5.01 Å². The normalized spacial score (nSPS) is 14.2. The van der Waals surface area contributed by atoms with Gasteiger partial charge in [-0.1, -0.05) is 30.3 Å². The van der Waals surface area contributed by atoms with Gasteiger partial charge >= 0.3 is 0 Å². The lowest BCUT2D eigenvalue weighted by atomic mass is 10.2. The number of hydrogen-bond acceptors (Lipinski definition) is 2. The molecule has 2 rings (SSSR count). The standard InChI is InChI=1S/C10H10N2/c11-12-7-3-6-9-4-1-2-5-10(9)8-12/h1-8H,11H2. The van der Waals surface area contributed by atoms with Crippen LogP contribution in [0.25, 0.3) is 12.3 Å². The van der Waals surface area contributed by atoms with Gasteiger partial charge in [-0.15, -0.1) is 0 Å². The minimum Gasteiger partial charge on any atom is -0.294 e. The molecule has 1 aromatic carbocycles. The number of benzene rings is 1. The first-order valence-corrected chi connectivity index (χ1v) is 3.85. The molecule has 1 heterocycles. The van der Waals surface area contributed by atoms with Crippen LogP contribution in [0, 0.1) is 0 Å². The predicted molar refractivity (Wildman–Crippen MR) is 49.8 cm³/mol. The Morgan fingerprint density at radius 2 is 1.83 bits per heavy atom. The Kier molecular flexibility index (Phi) is 1.68. The summed E-state index contributed by atoms with van der Waals surface area (Å²) in [5.41, 5.74) is 0. The number of rotatable bonds is 0. The van der Waals surface area contributed by atoms with Crippen molar-refractivity contribution in [2.75, 3.05) is 0 Å². The first-order valence-electron chi connectivity index (χ1n) is 3.85. The lowest BCUT2D eigenvalue weighted by Gasteiger charge is -2.03. The van der Waals surface area contributed by atoms with Crippen molar-refractivity contribution in [3.05, 3.63) is 47.0 Å². The van der Waals surface area contributed by atoms with Crippen molar-refractivity contribution < 1.29 is 0 Å². The zero-order valence-corrected chi connectivity index (χ0v) is 6.64. The fourth-order valence-electron chi connectivity index (χ4n) is 1.23. The summed E-state index contributed by atoms with van der Waals surface area (Å²) in [7, 11) is 0. The van der Waals surface area contributed by atoms with E-state index in [-0.39, 0.29) is 0 Å². The molecule has 12 heavy (non-hydrogen) atoms. The number of fused-ring (bicyclic) bond motifs is 1. The Hall–Kier alpha value is -1.54. The highest BCUT2D eigenvalue weighted by Gasteiger charge is 1.89. The van der Waals surface area contributed by atoms with Gasteiger partial charge < -0.3 is 0 Å². The lowest BCUT2D eigenvalue weighted by Crippen LogP contribution is -2.28. The van der Waals surface area contributed by atoms with Crippen LogP contribution in [0.1, 0.15) is 0 Å². The lowest BCUT2D eigenvalue weighted by molar-refractivity contribution is 0.589. The van der Waals surface area contributed by atoms with E-state index in [9.17, 15) is 0 Å². The number of nitrogens with two attached hydrogens (primary N) is 1. The Balaban J connectivity index is 2.75. The third-order valence-corrected chi connectivity index (χ3v) is 1.82. The molecule has 0 saturated heterocycles. The van der Waals surface area contributed by atoms with E-state index in [1.807, 2.05) is 42.8 Å². The second kappa shape index (κ2) is 2.83. The van der Waals surface area contributed by atoms with Gasteiger partial charge in [0.05, 0.1) is 0 Å². The van der Waals surface area contributed by atoms with Gasteiger partial charge in [0, 0.05) is 12.4 Å². The number of nitrogens with zero attached hydrogens (tertiary/aromatic N) is 1. The van der Waals surface area contributed by atoms with Gasteiger partial charge in [0.15, 0.2) is 0 Å². The van der Waals surface area contributed by atoms with Crippen LogP contribution >= 0.6 is 0 Å². The third-order valence-electron chi connectivity index (χ3n) is 1.82. The average Bonchev–Trinajstić information content (AvgIpc) is 2.25. The predicted octanol–water partition coefficient (Wildman–Crippen LogP) is -0.0919. The fourth-order valence-corrected chi connectivity index (χ4v) is 1.23. The van der Waals surface area contributed by atoms with Crippen LogP contribution in [0.2, 0.25) is 0 Å². The molecule has 0 unspecified atom stereocenters. The summed E-state index contributed by atoms with van der Waals surface area (Å²) in [6.45, 7) is 0. The van der Waals surface area contributed by atoms with E-state index in [0.29, 0.717) is 0 Å². The molecule has 60 valence electrons. The summed E-state index contributed by atoms with van der Waals surface area (Å²) in [4.78, 5) is 0. The molecule has 0 bridgehead atoms. The van der Waals surface area contributed by atoms with Crippen LogP contribution in [0.5, 0.6) is 0 Å². The van der Waals surface area contributed by atoms with Crippen molar-refractivity contribution in [3.8, 4) is 0 Å². The zero-order chi connectivity index (χ0) is 8.39.